The lowest BCUT2D eigenvalue weighted by molar-refractivity contribution is 0.0971. The Morgan fingerprint density at radius 1 is 0.613 bits per heavy atom. The van der Waals surface area contributed by atoms with Crippen molar-refractivity contribution < 1.29 is 9.59 Å². The van der Waals surface area contributed by atoms with E-state index in [1.165, 1.54) is 38.5 Å². The second-order valence-corrected chi connectivity index (χ2v) is 8.82. The molecule has 0 atom stereocenters. The highest BCUT2D eigenvalue weighted by atomic mass is 16.1. The third kappa shape index (κ3) is 6.29. The molecule has 0 radical (unpaired) electrons. The van der Waals surface area contributed by atoms with Crippen LogP contribution in [0.25, 0.3) is 21.8 Å². The van der Waals surface area contributed by atoms with Crippen LogP contribution in [0.2, 0.25) is 0 Å². The zero-order chi connectivity index (χ0) is 22.1. The molecule has 0 aliphatic carbocycles. The highest BCUT2D eigenvalue weighted by Gasteiger charge is 2.12. The van der Waals surface area contributed by atoms with Crippen molar-refractivity contribution in [3.05, 3.63) is 47.5 Å². The van der Waals surface area contributed by atoms with Crippen molar-refractivity contribution in [1.29, 1.82) is 0 Å². The van der Waals surface area contributed by atoms with Crippen molar-refractivity contribution in [2.75, 3.05) is 0 Å². The number of aromatic nitrogens is 1. The summed E-state index contributed by atoms with van der Waals surface area (Å²) in [7, 11) is 0. The lowest BCUT2D eigenvalue weighted by Gasteiger charge is -2.03. The van der Waals surface area contributed by atoms with Gasteiger partial charge in [-0.2, -0.15) is 0 Å². The minimum Gasteiger partial charge on any atom is -0.355 e. The maximum atomic E-state index is 12.7. The SMILES string of the molecule is CCCCCCCC(=O)c1ccc2[nH]c3ccc(C(=O)CCCCCCC)cc3c2c1. The van der Waals surface area contributed by atoms with Gasteiger partial charge >= 0.3 is 0 Å². The molecular weight excluding hydrogens is 382 g/mol. The molecule has 0 unspecified atom stereocenters. The zero-order valence-electron chi connectivity index (χ0n) is 19.3. The van der Waals surface area contributed by atoms with E-state index in [1.54, 1.807) is 0 Å². The summed E-state index contributed by atoms with van der Waals surface area (Å²) in [5, 5.41) is 2.06. The number of aromatic amines is 1. The average Bonchev–Trinajstić information content (AvgIpc) is 3.15. The summed E-state index contributed by atoms with van der Waals surface area (Å²) in [5.74, 6) is 0.430. The Labute approximate surface area is 186 Å². The number of rotatable bonds is 14. The second-order valence-electron chi connectivity index (χ2n) is 8.82. The first-order chi connectivity index (χ1) is 15.1. The number of carbonyl (C=O) groups is 2. The van der Waals surface area contributed by atoms with E-state index in [1.807, 2.05) is 36.4 Å². The van der Waals surface area contributed by atoms with Gasteiger partial charge in [0.2, 0.25) is 0 Å². The Balaban J connectivity index is 1.71. The number of hydrogen-bond acceptors (Lipinski definition) is 2. The van der Waals surface area contributed by atoms with Gasteiger partial charge in [-0.3, -0.25) is 9.59 Å². The minimum absolute atomic E-state index is 0.215. The van der Waals surface area contributed by atoms with Gasteiger partial charge < -0.3 is 4.98 Å². The van der Waals surface area contributed by atoms with E-state index in [2.05, 4.69) is 18.8 Å². The van der Waals surface area contributed by atoms with E-state index in [0.717, 1.165) is 58.6 Å². The molecule has 2 aromatic carbocycles. The number of carbonyl (C=O) groups excluding carboxylic acids is 2. The van der Waals surface area contributed by atoms with E-state index in [0.29, 0.717) is 12.8 Å². The molecule has 0 amide bonds. The van der Waals surface area contributed by atoms with E-state index < -0.39 is 0 Å². The summed E-state index contributed by atoms with van der Waals surface area (Å²) in [6.07, 6.45) is 12.7. The Hall–Kier alpha value is -2.42. The first-order valence-corrected chi connectivity index (χ1v) is 12.3. The molecule has 0 fully saturated rings. The molecule has 3 aromatic rings. The van der Waals surface area contributed by atoms with Crippen molar-refractivity contribution in [2.45, 2.75) is 90.9 Å². The van der Waals surface area contributed by atoms with Gasteiger partial charge in [0.25, 0.3) is 0 Å². The van der Waals surface area contributed by atoms with Crippen LogP contribution in [0.15, 0.2) is 36.4 Å². The number of benzene rings is 2. The predicted octanol–water partition coefficient (Wildman–Crippen LogP) is 8.41. The largest absolute Gasteiger partial charge is 0.355 e. The molecule has 31 heavy (non-hydrogen) atoms. The van der Waals surface area contributed by atoms with Gasteiger partial charge in [0.1, 0.15) is 0 Å². The maximum absolute atomic E-state index is 12.7. The number of hydrogen-bond donors (Lipinski definition) is 1. The molecule has 1 heterocycles. The fraction of sp³-hybridized carbons (Fsp3) is 0.500. The Morgan fingerprint density at radius 3 is 1.45 bits per heavy atom. The van der Waals surface area contributed by atoms with Crippen molar-refractivity contribution in [3.63, 3.8) is 0 Å². The molecule has 3 nitrogen and oxygen atoms in total. The summed E-state index contributed by atoms with van der Waals surface area (Å²) >= 11 is 0. The first kappa shape index (κ1) is 23.2. The van der Waals surface area contributed by atoms with Crippen LogP contribution in [0.3, 0.4) is 0 Å². The monoisotopic (exact) mass is 419 g/mol. The van der Waals surface area contributed by atoms with Crippen LogP contribution < -0.4 is 0 Å². The van der Waals surface area contributed by atoms with Crippen LogP contribution >= 0.6 is 0 Å². The standard InChI is InChI=1S/C28H37NO2/c1-3-5-7-9-11-13-27(30)21-15-17-25-23(19-21)24-20-22(16-18-26(24)29-25)28(31)14-12-10-8-6-4-2/h15-20,29H,3-14H2,1-2H3. The summed E-state index contributed by atoms with van der Waals surface area (Å²) in [6.45, 7) is 4.41. The fourth-order valence-electron chi connectivity index (χ4n) is 4.31. The predicted molar refractivity (Wildman–Crippen MR) is 131 cm³/mol. The molecule has 3 heteroatoms. The molecule has 1 N–H and O–H groups in total. The van der Waals surface area contributed by atoms with E-state index in [9.17, 15) is 9.59 Å². The average molecular weight is 420 g/mol. The molecule has 0 aliphatic rings. The number of unbranched alkanes of at least 4 members (excludes halogenated alkanes) is 8. The topological polar surface area (TPSA) is 49.9 Å². The first-order valence-electron chi connectivity index (χ1n) is 12.3. The summed E-state index contributed by atoms with van der Waals surface area (Å²) in [5.41, 5.74) is 3.57. The van der Waals surface area contributed by atoms with E-state index >= 15 is 0 Å². The third-order valence-corrected chi connectivity index (χ3v) is 6.26. The van der Waals surface area contributed by atoms with Gasteiger partial charge in [-0.05, 0) is 49.2 Å². The van der Waals surface area contributed by atoms with Crippen LogP contribution in [0, 0.1) is 0 Å². The lowest BCUT2D eigenvalue weighted by Crippen LogP contribution is -1.99. The second kappa shape index (κ2) is 11.8. The molecule has 0 bridgehead atoms. The summed E-state index contributed by atoms with van der Waals surface area (Å²) in [6, 6.07) is 11.8. The van der Waals surface area contributed by atoms with Gasteiger partial charge in [-0.25, -0.2) is 0 Å². The van der Waals surface area contributed by atoms with Gasteiger partial charge in [0, 0.05) is 45.8 Å². The molecular formula is C28H37NO2. The van der Waals surface area contributed by atoms with E-state index in [4.69, 9.17) is 0 Å². The Bertz CT molecular complexity index is 934. The van der Waals surface area contributed by atoms with E-state index in [-0.39, 0.29) is 11.6 Å². The van der Waals surface area contributed by atoms with Gasteiger partial charge in [-0.15, -0.1) is 0 Å². The normalized spacial score (nSPS) is 11.4. The van der Waals surface area contributed by atoms with Crippen LogP contribution in [0.1, 0.15) is 112 Å². The van der Waals surface area contributed by atoms with Crippen LogP contribution in [-0.2, 0) is 0 Å². The number of Topliss-reactive ketones (excluding diaryl/α,β-unsaturated/α-hetero) is 2. The van der Waals surface area contributed by atoms with Crippen LogP contribution in [0.4, 0.5) is 0 Å². The zero-order valence-corrected chi connectivity index (χ0v) is 19.3. The minimum atomic E-state index is 0.215. The Kier molecular flexibility index (Phi) is 8.87. The van der Waals surface area contributed by atoms with Crippen LogP contribution in [-0.4, -0.2) is 16.6 Å². The van der Waals surface area contributed by atoms with Gasteiger partial charge in [0.15, 0.2) is 11.6 Å². The molecule has 3 rings (SSSR count). The van der Waals surface area contributed by atoms with Crippen molar-refractivity contribution in [2.24, 2.45) is 0 Å². The van der Waals surface area contributed by atoms with Crippen molar-refractivity contribution >= 4 is 33.4 Å². The quantitative estimate of drug-likeness (QED) is 0.211. The van der Waals surface area contributed by atoms with Crippen molar-refractivity contribution in [1.82, 2.24) is 4.98 Å². The number of H-pyrrole nitrogens is 1. The van der Waals surface area contributed by atoms with Crippen LogP contribution in [0.5, 0.6) is 0 Å². The summed E-state index contributed by atoms with van der Waals surface area (Å²) < 4.78 is 0. The molecule has 0 spiro atoms. The Morgan fingerprint density at radius 2 is 1.03 bits per heavy atom. The number of nitrogens with one attached hydrogen (secondary N) is 1. The van der Waals surface area contributed by atoms with Crippen molar-refractivity contribution in [3.8, 4) is 0 Å². The number of fused-ring (bicyclic) bond motifs is 3. The maximum Gasteiger partial charge on any atom is 0.162 e. The molecule has 0 aliphatic heterocycles. The third-order valence-electron chi connectivity index (χ3n) is 6.26. The lowest BCUT2D eigenvalue weighted by atomic mass is 9.99. The van der Waals surface area contributed by atoms with Gasteiger partial charge in [0.05, 0.1) is 0 Å². The molecule has 0 saturated heterocycles. The van der Waals surface area contributed by atoms with Gasteiger partial charge in [-0.1, -0.05) is 65.2 Å². The molecule has 1 aromatic heterocycles. The number of ketones is 2. The summed E-state index contributed by atoms with van der Waals surface area (Å²) in [4.78, 5) is 28.8. The smallest absolute Gasteiger partial charge is 0.162 e. The highest BCUT2D eigenvalue weighted by molar-refractivity contribution is 6.12. The molecule has 166 valence electrons. The molecule has 0 saturated carbocycles. The fourth-order valence-corrected chi connectivity index (χ4v) is 4.31. The highest BCUT2D eigenvalue weighted by Crippen LogP contribution is 2.28.